The average molecular weight is 250 g/mol. The van der Waals surface area contributed by atoms with Crippen LogP contribution in [0, 0.1) is 0 Å². The number of carbonyl (C=O) groups excluding carboxylic acids is 1. The molecule has 0 amide bonds. The molecule has 1 aromatic rings. The molecule has 1 aromatic carbocycles. The summed E-state index contributed by atoms with van der Waals surface area (Å²) < 4.78 is 10.8. The molecule has 0 spiro atoms. The van der Waals surface area contributed by atoms with Gasteiger partial charge in [-0.1, -0.05) is 31.5 Å². The molecule has 3 nitrogen and oxygen atoms in total. The van der Waals surface area contributed by atoms with Crippen molar-refractivity contribution in [3.63, 3.8) is 0 Å². The maximum Gasteiger partial charge on any atom is 0.338 e. The van der Waals surface area contributed by atoms with Crippen LogP contribution in [0.5, 0.6) is 0 Å². The fourth-order valence-corrected chi connectivity index (χ4v) is 1.49. The number of carbonyl (C=O) groups is 1. The number of hydrogen-bond donors (Lipinski definition) is 0. The quantitative estimate of drug-likeness (QED) is 0.548. The molecule has 0 unspecified atom stereocenters. The van der Waals surface area contributed by atoms with E-state index < -0.39 is 0 Å². The number of benzene rings is 1. The van der Waals surface area contributed by atoms with Crippen LogP contribution in [0.4, 0.5) is 0 Å². The fraction of sp³-hybridized carbons (Fsp3) is 0.533. The molecule has 0 aliphatic carbocycles. The molecule has 0 aliphatic heterocycles. The Kier molecular flexibility index (Phi) is 6.44. The first kappa shape index (κ1) is 14.7. The molecule has 0 saturated carbocycles. The van der Waals surface area contributed by atoms with Crippen LogP contribution in [0.15, 0.2) is 24.3 Å². The van der Waals surface area contributed by atoms with Crippen LogP contribution in [-0.2, 0) is 16.1 Å². The van der Waals surface area contributed by atoms with Crippen molar-refractivity contribution in [3.8, 4) is 0 Å². The van der Waals surface area contributed by atoms with Gasteiger partial charge >= 0.3 is 5.97 Å². The van der Waals surface area contributed by atoms with Crippen molar-refractivity contribution in [3.05, 3.63) is 35.4 Å². The Balaban J connectivity index is 2.65. The lowest BCUT2D eigenvalue weighted by molar-refractivity contribution is 0.0472. The number of esters is 1. The second kappa shape index (κ2) is 7.88. The van der Waals surface area contributed by atoms with E-state index in [1.165, 1.54) is 0 Å². The Morgan fingerprint density at radius 2 is 2.00 bits per heavy atom. The van der Waals surface area contributed by atoms with Gasteiger partial charge in [0.25, 0.3) is 0 Å². The van der Waals surface area contributed by atoms with Gasteiger partial charge in [-0.2, -0.15) is 0 Å². The molecule has 0 N–H and O–H groups in total. The third-order valence-electron chi connectivity index (χ3n) is 2.54. The Bertz CT molecular complexity index is 372. The van der Waals surface area contributed by atoms with E-state index >= 15 is 0 Å². The van der Waals surface area contributed by atoms with Crippen molar-refractivity contribution in [2.75, 3.05) is 6.61 Å². The summed E-state index contributed by atoms with van der Waals surface area (Å²) >= 11 is 0. The van der Waals surface area contributed by atoms with E-state index in [-0.39, 0.29) is 12.1 Å². The largest absolute Gasteiger partial charge is 0.462 e. The molecule has 1 rings (SSSR count). The van der Waals surface area contributed by atoms with Gasteiger partial charge in [0, 0.05) is 0 Å². The molecule has 0 radical (unpaired) electrons. The topological polar surface area (TPSA) is 35.5 Å². The van der Waals surface area contributed by atoms with E-state index in [2.05, 4.69) is 6.92 Å². The summed E-state index contributed by atoms with van der Waals surface area (Å²) in [4.78, 5) is 11.9. The van der Waals surface area contributed by atoms with Crippen LogP contribution in [0.3, 0.4) is 0 Å². The third kappa shape index (κ3) is 4.88. The minimum Gasteiger partial charge on any atom is -0.462 e. The molecule has 100 valence electrons. The summed E-state index contributed by atoms with van der Waals surface area (Å²) in [5, 5.41) is 0. The SMILES string of the molecule is CCCCOC(=O)c1ccccc1COC(C)C. The zero-order chi connectivity index (χ0) is 13.4. The molecule has 0 saturated heterocycles. The van der Waals surface area contributed by atoms with Gasteiger partial charge in [0.2, 0.25) is 0 Å². The minimum atomic E-state index is -0.258. The molecule has 0 heterocycles. The molecule has 0 fully saturated rings. The first-order valence-corrected chi connectivity index (χ1v) is 6.51. The zero-order valence-electron chi connectivity index (χ0n) is 11.4. The molecular weight excluding hydrogens is 228 g/mol. The Hall–Kier alpha value is -1.35. The van der Waals surface area contributed by atoms with Crippen LogP contribution in [0.1, 0.15) is 49.5 Å². The van der Waals surface area contributed by atoms with Crippen LogP contribution < -0.4 is 0 Å². The zero-order valence-corrected chi connectivity index (χ0v) is 11.4. The molecule has 3 heteroatoms. The molecule has 0 aliphatic rings. The lowest BCUT2D eigenvalue weighted by Crippen LogP contribution is -2.11. The van der Waals surface area contributed by atoms with Gasteiger partial charge in [-0.05, 0) is 31.9 Å². The summed E-state index contributed by atoms with van der Waals surface area (Å²) in [6, 6.07) is 7.43. The number of rotatable bonds is 7. The van der Waals surface area contributed by atoms with E-state index in [4.69, 9.17) is 9.47 Å². The summed E-state index contributed by atoms with van der Waals surface area (Å²) in [6.07, 6.45) is 2.07. The fourth-order valence-electron chi connectivity index (χ4n) is 1.49. The summed E-state index contributed by atoms with van der Waals surface area (Å²) in [7, 11) is 0. The van der Waals surface area contributed by atoms with Gasteiger partial charge < -0.3 is 9.47 Å². The standard InChI is InChI=1S/C15H22O3/c1-4-5-10-17-15(16)14-9-7-6-8-13(14)11-18-12(2)3/h6-9,12H,4-5,10-11H2,1-3H3. The average Bonchev–Trinajstić information content (AvgIpc) is 2.37. The van der Waals surface area contributed by atoms with Gasteiger partial charge in [0.15, 0.2) is 0 Å². The normalized spacial score (nSPS) is 10.7. The smallest absolute Gasteiger partial charge is 0.338 e. The predicted molar refractivity (Wildman–Crippen MR) is 71.6 cm³/mol. The van der Waals surface area contributed by atoms with Crippen molar-refractivity contribution in [1.29, 1.82) is 0 Å². The van der Waals surface area contributed by atoms with Crippen LogP contribution >= 0.6 is 0 Å². The van der Waals surface area contributed by atoms with Crippen molar-refractivity contribution >= 4 is 5.97 Å². The van der Waals surface area contributed by atoms with Crippen LogP contribution in [0.25, 0.3) is 0 Å². The second-order valence-electron chi connectivity index (χ2n) is 4.51. The van der Waals surface area contributed by atoms with Gasteiger partial charge in [0.05, 0.1) is 24.9 Å². The minimum absolute atomic E-state index is 0.147. The maximum absolute atomic E-state index is 11.9. The predicted octanol–water partition coefficient (Wildman–Crippen LogP) is 3.57. The Morgan fingerprint density at radius 3 is 2.67 bits per heavy atom. The summed E-state index contributed by atoms with van der Waals surface area (Å²) in [5.74, 6) is -0.258. The number of hydrogen-bond acceptors (Lipinski definition) is 3. The number of ether oxygens (including phenoxy) is 2. The second-order valence-corrected chi connectivity index (χ2v) is 4.51. The Morgan fingerprint density at radius 1 is 1.28 bits per heavy atom. The first-order chi connectivity index (χ1) is 8.65. The van der Waals surface area contributed by atoms with Crippen molar-refractivity contribution < 1.29 is 14.3 Å². The van der Waals surface area contributed by atoms with Crippen molar-refractivity contribution in [2.24, 2.45) is 0 Å². The van der Waals surface area contributed by atoms with Gasteiger partial charge in [-0.25, -0.2) is 4.79 Å². The monoisotopic (exact) mass is 250 g/mol. The van der Waals surface area contributed by atoms with E-state index in [0.29, 0.717) is 18.8 Å². The highest BCUT2D eigenvalue weighted by Crippen LogP contribution is 2.13. The van der Waals surface area contributed by atoms with Crippen LogP contribution in [0.2, 0.25) is 0 Å². The van der Waals surface area contributed by atoms with Gasteiger partial charge in [-0.15, -0.1) is 0 Å². The third-order valence-corrected chi connectivity index (χ3v) is 2.54. The van der Waals surface area contributed by atoms with E-state index in [1.807, 2.05) is 32.0 Å². The highest BCUT2D eigenvalue weighted by atomic mass is 16.5. The van der Waals surface area contributed by atoms with E-state index in [0.717, 1.165) is 18.4 Å². The molecule has 0 aromatic heterocycles. The first-order valence-electron chi connectivity index (χ1n) is 6.51. The van der Waals surface area contributed by atoms with Crippen molar-refractivity contribution in [1.82, 2.24) is 0 Å². The molecule has 0 atom stereocenters. The lowest BCUT2D eigenvalue weighted by atomic mass is 10.1. The summed E-state index contributed by atoms with van der Waals surface area (Å²) in [6.45, 7) is 6.94. The molecule has 0 bridgehead atoms. The van der Waals surface area contributed by atoms with E-state index in [1.54, 1.807) is 6.07 Å². The molecule has 18 heavy (non-hydrogen) atoms. The summed E-state index contributed by atoms with van der Waals surface area (Å²) in [5.41, 5.74) is 1.49. The van der Waals surface area contributed by atoms with Crippen molar-refractivity contribution in [2.45, 2.75) is 46.3 Å². The van der Waals surface area contributed by atoms with E-state index in [9.17, 15) is 4.79 Å². The molecular formula is C15H22O3. The maximum atomic E-state index is 11.9. The number of unbranched alkanes of at least 4 members (excludes halogenated alkanes) is 1. The van der Waals surface area contributed by atoms with Gasteiger partial charge in [0.1, 0.15) is 0 Å². The highest BCUT2D eigenvalue weighted by molar-refractivity contribution is 5.91. The highest BCUT2D eigenvalue weighted by Gasteiger charge is 2.12. The lowest BCUT2D eigenvalue weighted by Gasteiger charge is -2.11. The van der Waals surface area contributed by atoms with Crippen LogP contribution in [-0.4, -0.2) is 18.7 Å². The van der Waals surface area contributed by atoms with Gasteiger partial charge in [-0.3, -0.25) is 0 Å². The Labute approximate surface area is 109 Å².